The summed E-state index contributed by atoms with van der Waals surface area (Å²) in [7, 11) is 1.40. The van der Waals surface area contributed by atoms with Crippen molar-refractivity contribution in [2.45, 2.75) is 18.6 Å². The van der Waals surface area contributed by atoms with Crippen LogP contribution in [0.2, 0.25) is 0 Å². The summed E-state index contributed by atoms with van der Waals surface area (Å²) in [5, 5.41) is 29.4. The molecule has 1 fully saturated rings. The van der Waals surface area contributed by atoms with Crippen LogP contribution in [0.15, 0.2) is 41.2 Å². The number of nitrogens with two attached hydrogens (primary N) is 1. The first-order chi connectivity index (χ1) is 17.7. The van der Waals surface area contributed by atoms with E-state index in [0.717, 1.165) is 22.7 Å². The minimum Gasteiger partial charge on any atom is -0.480 e. The number of rotatable bonds is 6. The van der Waals surface area contributed by atoms with Gasteiger partial charge in [0, 0.05) is 17.8 Å². The molecule has 4 N–H and O–H groups in total. The zero-order valence-corrected chi connectivity index (χ0v) is 19.6. The van der Waals surface area contributed by atoms with E-state index in [9.17, 15) is 19.1 Å². The third-order valence-corrected chi connectivity index (χ3v) is 5.82. The lowest BCUT2D eigenvalue weighted by Gasteiger charge is -2.37. The standard InChI is InChI=1S/C22H21FN8O6/c1-22(34,21(33)26-11-3-4-13-15(7-11)37-29-18(13)24)17-20(32)30(5-6-36-17)19-14(23)10-31(28-19)12-8-16(35-2)27-25-9-12/h3-4,7-10,17,34H,5-6H2,1-2H3,(H2,24,29)(H,26,33). The van der Waals surface area contributed by atoms with Gasteiger partial charge >= 0.3 is 0 Å². The lowest BCUT2D eigenvalue weighted by molar-refractivity contribution is -0.165. The number of nitrogens with one attached hydrogen (secondary N) is 1. The van der Waals surface area contributed by atoms with Gasteiger partial charge in [0.1, 0.15) is 0 Å². The number of methoxy groups -OCH3 is 1. The summed E-state index contributed by atoms with van der Waals surface area (Å²) in [5.74, 6) is -2.52. The van der Waals surface area contributed by atoms with Gasteiger partial charge in [0.15, 0.2) is 34.7 Å². The highest BCUT2D eigenvalue weighted by atomic mass is 19.1. The third kappa shape index (κ3) is 4.30. The first-order valence-corrected chi connectivity index (χ1v) is 10.9. The van der Waals surface area contributed by atoms with Crippen LogP contribution in [0.5, 0.6) is 5.88 Å². The number of aliphatic hydroxyl groups is 1. The van der Waals surface area contributed by atoms with E-state index in [0.29, 0.717) is 16.7 Å². The molecule has 1 aliphatic heterocycles. The summed E-state index contributed by atoms with van der Waals surface area (Å²) in [6, 6.07) is 6.06. The van der Waals surface area contributed by atoms with Crippen LogP contribution in [0.1, 0.15) is 6.92 Å². The topological polar surface area (TPSA) is 184 Å². The molecule has 3 aromatic heterocycles. The van der Waals surface area contributed by atoms with Gasteiger partial charge in [0.05, 0.1) is 43.7 Å². The van der Waals surface area contributed by atoms with E-state index in [4.69, 9.17) is 19.7 Å². The van der Waals surface area contributed by atoms with Crippen molar-refractivity contribution in [3.63, 3.8) is 0 Å². The van der Waals surface area contributed by atoms with Gasteiger partial charge in [-0.3, -0.25) is 14.5 Å². The van der Waals surface area contributed by atoms with Crippen LogP contribution >= 0.6 is 0 Å². The Morgan fingerprint density at radius 1 is 1.38 bits per heavy atom. The van der Waals surface area contributed by atoms with Crippen LogP contribution in [-0.2, 0) is 14.3 Å². The first-order valence-electron chi connectivity index (χ1n) is 10.9. The Morgan fingerprint density at radius 3 is 2.97 bits per heavy atom. The molecule has 4 aromatic rings. The lowest BCUT2D eigenvalue weighted by atomic mass is 9.95. The molecule has 0 saturated carbocycles. The van der Waals surface area contributed by atoms with Crippen molar-refractivity contribution in [1.29, 1.82) is 0 Å². The van der Waals surface area contributed by atoms with Crippen LogP contribution in [0.4, 0.5) is 21.7 Å². The molecule has 4 heterocycles. The minimum absolute atomic E-state index is 0.0531. The maximum Gasteiger partial charge on any atom is 0.261 e. The zero-order valence-electron chi connectivity index (χ0n) is 19.6. The number of benzene rings is 1. The number of nitrogens with zero attached hydrogens (tertiary/aromatic N) is 6. The highest BCUT2D eigenvalue weighted by molar-refractivity contribution is 6.06. The van der Waals surface area contributed by atoms with E-state index in [1.54, 1.807) is 6.07 Å². The largest absolute Gasteiger partial charge is 0.480 e. The maximum atomic E-state index is 14.9. The summed E-state index contributed by atoms with van der Waals surface area (Å²) in [6.07, 6.45) is 0.751. The van der Waals surface area contributed by atoms with Gasteiger partial charge in [-0.15, -0.1) is 10.2 Å². The number of carbonyl (C=O) groups is 2. The van der Waals surface area contributed by atoms with Gasteiger partial charge in [-0.2, -0.15) is 5.10 Å². The second-order valence-corrected chi connectivity index (χ2v) is 8.32. The molecule has 2 amide bonds. The Kier molecular flexibility index (Phi) is 5.93. The molecule has 0 spiro atoms. The molecule has 1 aliphatic rings. The second kappa shape index (κ2) is 9.11. The van der Waals surface area contributed by atoms with Crippen molar-refractivity contribution in [1.82, 2.24) is 25.1 Å². The van der Waals surface area contributed by atoms with Gasteiger partial charge < -0.3 is 30.2 Å². The number of carbonyl (C=O) groups excluding carboxylic acids is 2. The molecule has 37 heavy (non-hydrogen) atoms. The molecule has 0 bridgehead atoms. The van der Waals surface area contributed by atoms with E-state index in [1.807, 2.05) is 0 Å². The van der Waals surface area contributed by atoms with Crippen LogP contribution in [0, 0.1) is 5.82 Å². The van der Waals surface area contributed by atoms with Crippen molar-refractivity contribution >= 4 is 40.1 Å². The van der Waals surface area contributed by atoms with Crippen LogP contribution < -0.4 is 20.7 Å². The maximum absolute atomic E-state index is 14.9. The van der Waals surface area contributed by atoms with Gasteiger partial charge in [0.25, 0.3) is 11.8 Å². The van der Waals surface area contributed by atoms with Gasteiger partial charge in [-0.25, -0.2) is 9.07 Å². The van der Waals surface area contributed by atoms with Crippen LogP contribution in [-0.4, -0.2) is 74.0 Å². The number of aromatic nitrogens is 5. The highest BCUT2D eigenvalue weighted by Crippen LogP contribution is 2.28. The molecule has 0 radical (unpaired) electrons. The first kappa shape index (κ1) is 24.1. The predicted octanol–water partition coefficient (Wildman–Crippen LogP) is 0.655. The number of amides is 2. The predicted molar refractivity (Wildman–Crippen MR) is 125 cm³/mol. The fourth-order valence-electron chi connectivity index (χ4n) is 3.83. The molecule has 2 unspecified atom stereocenters. The van der Waals surface area contributed by atoms with Gasteiger partial charge in [0.2, 0.25) is 5.88 Å². The monoisotopic (exact) mass is 512 g/mol. The van der Waals surface area contributed by atoms with Crippen molar-refractivity contribution in [3.05, 3.63) is 42.5 Å². The number of morpholine rings is 1. The van der Waals surface area contributed by atoms with Crippen LogP contribution in [0.3, 0.4) is 0 Å². The quantitative estimate of drug-likeness (QED) is 0.330. The number of hydrogen-bond acceptors (Lipinski definition) is 11. The Morgan fingerprint density at radius 2 is 2.19 bits per heavy atom. The van der Waals surface area contributed by atoms with E-state index in [1.165, 1.54) is 31.5 Å². The van der Waals surface area contributed by atoms with Crippen LogP contribution in [0.25, 0.3) is 16.7 Å². The number of halogens is 1. The van der Waals surface area contributed by atoms with E-state index < -0.39 is 29.3 Å². The van der Waals surface area contributed by atoms with Crippen molar-refractivity contribution in [2.75, 3.05) is 36.2 Å². The molecule has 2 atom stereocenters. The van der Waals surface area contributed by atoms with Gasteiger partial charge in [-0.1, -0.05) is 5.16 Å². The minimum atomic E-state index is -2.33. The average molecular weight is 512 g/mol. The molecule has 14 nitrogen and oxygen atoms in total. The summed E-state index contributed by atoms with van der Waals surface area (Å²) >= 11 is 0. The Bertz CT molecular complexity index is 1500. The van der Waals surface area contributed by atoms with Crippen molar-refractivity contribution in [3.8, 4) is 11.6 Å². The Hall–Kier alpha value is -4.63. The number of fused-ring (bicyclic) bond motifs is 1. The van der Waals surface area contributed by atoms with E-state index in [2.05, 4.69) is 25.8 Å². The molecular formula is C22H21FN8O6. The summed E-state index contributed by atoms with van der Waals surface area (Å²) in [5.41, 5.74) is 4.29. The van der Waals surface area contributed by atoms with E-state index in [-0.39, 0.29) is 36.4 Å². The molecule has 5 rings (SSSR count). The fourth-order valence-corrected chi connectivity index (χ4v) is 3.83. The smallest absolute Gasteiger partial charge is 0.261 e. The third-order valence-electron chi connectivity index (χ3n) is 5.82. The summed E-state index contributed by atoms with van der Waals surface area (Å²) in [4.78, 5) is 27.3. The molecule has 1 aromatic carbocycles. The Labute approximate surface area is 207 Å². The molecule has 192 valence electrons. The number of nitrogen functional groups attached to an aromatic ring is 1. The zero-order chi connectivity index (χ0) is 26.3. The summed E-state index contributed by atoms with van der Waals surface area (Å²) < 4.78 is 31.6. The van der Waals surface area contributed by atoms with Crippen molar-refractivity contribution < 1.29 is 33.1 Å². The summed E-state index contributed by atoms with van der Waals surface area (Å²) in [6.45, 7) is 0.992. The molecule has 15 heteroatoms. The Balaban J connectivity index is 1.36. The highest BCUT2D eigenvalue weighted by Gasteiger charge is 2.49. The number of ether oxygens (including phenoxy) is 2. The lowest BCUT2D eigenvalue weighted by Crippen LogP contribution is -2.61. The fraction of sp³-hybridized carbons (Fsp3) is 0.273. The number of hydrogen-bond donors (Lipinski definition) is 3. The van der Waals surface area contributed by atoms with E-state index >= 15 is 0 Å². The normalized spacial score (nSPS) is 17.6. The van der Waals surface area contributed by atoms with Gasteiger partial charge in [-0.05, 0) is 19.1 Å². The molecule has 0 aliphatic carbocycles. The SMILES string of the molecule is COc1cc(-n2cc(F)c(N3CCOC(C(C)(O)C(=O)Nc4ccc5c(N)noc5c4)C3=O)n2)cnn1. The molecule has 1 saturated heterocycles. The molecular weight excluding hydrogens is 491 g/mol. The average Bonchev–Trinajstić information content (AvgIpc) is 3.46. The second-order valence-electron chi connectivity index (χ2n) is 8.32. The van der Waals surface area contributed by atoms with Crippen molar-refractivity contribution in [2.24, 2.45) is 0 Å². The number of anilines is 3.